The molecule has 4 heteroatoms. The van der Waals surface area contributed by atoms with Gasteiger partial charge in [-0.3, -0.25) is 9.59 Å². The molecule has 1 fully saturated rings. The van der Waals surface area contributed by atoms with Crippen LogP contribution in [0.1, 0.15) is 50.7 Å². The highest BCUT2D eigenvalue weighted by Crippen LogP contribution is 2.31. The molecule has 0 N–H and O–H groups in total. The molecule has 0 bridgehead atoms. The number of carbonyl (C=O) groups is 2. The van der Waals surface area contributed by atoms with Gasteiger partial charge in [0.15, 0.2) is 0 Å². The fourth-order valence-corrected chi connectivity index (χ4v) is 3.55. The SMILES string of the molecule is CCc1ccc(OC(=O)C2CCC(C(=O)Oc3ccc(CC)cc3)CC2)cc1. The number of aryl methyl sites for hydroxylation is 2. The zero-order valence-corrected chi connectivity index (χ0v) is 16.6. The molecule has 28 heavy (non-hydrogen) atoms. The molecule has 0 radical (unpaired) electrons. The van der Waals surface area contributed by atoms with Crippen LogP contribution in [-0.4, -0.2) is 11.9 Å². The second-order valence-electron chi connectivity index (χ2n) is 7.39. The van der Waals surface area contributed by atoms with Crippen LogP contribution in [0, 0.1) is 11.8 Å². The highest BCUT2D eigenvalue weighted by molar-refractivity contribution is 5.77. The predicted molar refractivity (Wildman–Crippen MR) is 108 cm³/mol. The van der Waals surface area contributed by atoms with Gasteiger partial charge < -0.3 is 9.47 Å². The maximum atomic E-state index is 12.4. The van der Waals surface area contributed by atoms with E-state index in [-0.39, 0.29) is 23.8 Å². The maximum absolute atomic E-state index is 12.4. The molecule has 0 spiro atoms. The Balaban J connectivity index is 1.47. The zero-order valence-electron chi connectivity index (χ0n) is 16.6. The van der Waals surface area contributed by atoms with Crippen LogP contribution < -0.4 is 9.47 Å². The first-order valence-corrected chi connectivity index (χ1v) is 10.2. The lowest BCUT2D eigenvalue weighted by Gasteiger charge is -2.25. The van der Waals surface area contributed by atoms with Gasteiger partial charge in [-0.1, -0.05) is 38.1 Å². The lowest BCUT2D eigenvalue weighted by molar-refractivity contribution is -0.145. The van der Waals surface area contributed by atoms with Crippen LogP contribution in [0.5, 0.6) is 11.5 Å². The molecule has 148 valence electrons. The Kier molecular flexibility index (Phi) is 6.85. The van der Waals surface area contributed by atoms with E-state index in [2.05, 4.69) is 13.8 Å². The van der Waals surface area contributed by atoms with Gasteiger partial charge in [-0.15, -0.1) is 0 Å². The summed E-state index contributed by atoms with van der Waals surface area (Å²) in [5, 5.41) is 0. The van der Waals surface area contributed by atoms with E-state index >= 15 is 0 Å². The molecule has 3 rings (SSSR count). The topological polar surface area (TPSA) is 52.6 Å². The summed E-state index contributed by atoms with van der Waals surface area (Å²) < 4.78 is 11.0. The number of esters is 2. The maximum Gasteiger partial charge on any atom is 0.314 e. The quantitative estimate of drug-likeness (QED) is 0.515. The van der Waals surface area contributed by atoms with Crippen LogP contribution in [-0.2, 0) is 22.4 Å². The Labute approximate surface area is 166 Å². The first-order valence-electron chi connectivity index (χ1n) is 10.2. The van der Waals surface area contributed by atoms with Gasteiger partial charge in [0.05, 0.1) is 11.8 Å². The van der Waals surface area contributed by atoms with Crippen molar-refractivity contribution >= 4 is 11.9 Å². The second-order valence-corrected chi connectivity index (χ2v) is 7.39. The normalized spacial score (nSPS) is 19.1. The molecular weight excluding hydrogens is 352 g/mol. The minimum Gasteiger partial charge on any atom is -0.426 e. The summed E-state index contributed by atoms with van der Waals surface area (Å²) >= 11 is 0. The average molecular weight is 380 g/mol. The van der Waals surface area contributed by atoms with Gasteiger partial charge in [-0.25, -0.2) is 0 Å². The van der Waals surface area contributed by atoms with E-state index in [1.54, 1.807) is 0 Å². The summed E-state index contributed by atoms with van der Waals surface area (Å²) in [5.74, 6) is 0.452. The summed E-state index contributed by atoms with van der Waals surface area (Å²) in [6.45, 7) is 4.18. The van der Waals surface area contributed by atoms with Crippen LogP contribution in [0.15, 0.2) is 48.5 Å². The predicted octanol–water partition coefficient (Wildman–Crippen LogP) is 5.13. The molecule has 0 aromatic heterocycles. The molecule has 2 aromatic rings. The standard InChI is InChI=1S/C24H28O4/c1-3-17-5-13-21(14-6-17)27-23(25)19-9-11-20(12-10-19)24(26)28-22-15-7-18(4-2)8-16-22/h5-8,13-16,19-20H,3-4,9-12H2,1-2H3. The number of benzene rings is 2. The summed E-state index contributed by atoms with van der Waals surface area (Å²) in [7, 11) is 0. The van der Waals surface area contributed by atoms with Gasteiger partial charge >= 0.3 is 11.9 Å². The molecule has 1 saturated carbocycles. The van der Waals surface area contributed by atoms with Gasteiger partial charge in [-0.2, -0.15) is 0 Å². The molecule has 2 aromatic carbocycles. The van der Waals surface area contributed by atoms with Crippen molar-refractivity contribution in [2.75, 3.05) is 0 Å². The van der Waals surface area contributed by atoms with E-state index in [0.29, 0.717) is 37.2 Å². The highest BCUT2D eigenvalue weighted by atomic mass is 16.5. The van der Waals surface area contributed by atoms with Crippen LogP contribution >= 0.6 is 0 Å². The smallest absolute Gasteiger partial charge is 0.314 e. The Morgan fingerprint density at radius 3 is 1.29 bits per heavy atom. The summed E-state index contributed by atoms with van der Waals surface area (Å²) in [5.41, 5.74) is 2.42. The Hall–Kier alpha value is -2.62. The molecule has 4 nitrogen and oxygen atoms in total. The molecule has 0 saturated heterocycles. The third-order valence-corrected chi connectivity index (χ3v) is 5.49. The van der Waals surface area contributed by atoms with Crippen LogP contribution in [0.4, 0.5) is 0 Å². The molecule has 1 aliphatic rings. The van der Waals surface area contributed by atoms with Crippen molar-refractivity contribution in [3.05, 3.63) is 59.7 Å². The molecule has 0 aliphatic heterocycles. The van der Waals surface area contributed by atoms with Gasteiger partial charge in [0.1, 0.15) is 11.5 Å². The van der Waals surface area contributed by atoms with Gasteiger partial charge in [0.25, 0.3) is 0 Å². The largest absolute Gasteiger partial charge is 0.426 e. The lowest BCUT2D eigenvalue weighted by atomic mass is 9.82. The van der Waals surface area contributed by atoms with Crippen molar-refractivity contribution in [1.82, 2.24) is 0 Å². The molecular formula is C24H28O4. The minimum absolute atomic E-state index is 0.154. The molecule has 0 amide bonds. The minimum atomic E-state index is -0.203. The third-order valence-electron chi connectivity index (χ3n) is 5.49. The third kappa shape index (κ3) is 5.22. The van der Waals surface area contributed by atoms with E-state index in [9.17, 15) is 9.59 Å². The van der Waals surface area contributed by atoms with Crippen molar-refractivity contribution in [3.8, 4) is 11.5 Å². The molecule has 1 aliphatic carbocycles. The van der Waals surface area contributed by atoms with Crippen molar-refractivity contribution in [3.63, 3.8) is 0 Å². The Morgan fingerprint density at radius 2 is 1.00 bits per heavy atom. The second kappa shape index (κ2) is 9.54. The molecule has 0 atom stereocenters. The van der Waals surface area contributed by atoms with Crippen molar-refractivity contribution < 1.29 is 19.1 Å². The van der Waals surface area contributed by atoms with Crippen molar-refractivity contribution in [1.29, 1.82) is 0 Å². The lowest BCUT2D eigenvalue weighted by Crippen LogP contribution is -2.30. The monoisotopic (exact) mass is 380 g/mol. The first kappa shape index (κ1) is 20.1. The Morgan fingerprint density at radius 1 is 0.679 bits per heavy atom. The van der Waals surface area contributed by atoms with Gasteiger partial charge in [0, 0.05) is 0 Å². The van der Waals surface area contributed by atoms with E-state index in [0.717, 1.165) is 12.8 Å². The summed E-state index contributed by atoms with van der Waals surface area (Å²) in [4.78, 5) is 24.8. The fraction of sp³-hybridized carbons (Fsp3) is 0.417. The average Bonchev–Trinajstić information content (AvgIpc) is 2.75. The zero-order chi connectivity index (χ0) is 19.9. The molecule has 0 heterocycles. The molecule has 0 unspecified atom stereocenters. The van der Waals surface area contributed by atoms with E-state index in [4.69, 9.17) is 9.47 Å². The Bertz CT molecular complexity index is 715. The van der Waals surface area contributed by atoms with Gasteiger partial charge in [-0.05, 0) is 73.9 Å². The van der Waals surface area contributed by atoms with Crippen molar-refractivity contribution in [2.24, 2.45) is 11.8 Å². The summed E-state index contributed by atoms with van der Waals surface area (Å²) in [6, 6.07) is 15.2. The highest BCUT2D eigenvalue weighted by Gasteiger charge is 2.32. The number of hydrogen-bond donors (Lipinski definition) is 0. The van der Waals surface area contributed by atoms with Crippen LogP contribution in [0.2, 0.25) is 0 Å². The number of ether oxygens (including phenoxy) is 2. The number of hydrogen-bond acceptors (Lipinski definition) is 4. The fourth-order valence-electron chi connectivity index (χ4n) is 3.55. The van der Waals surface area contributed by atoms with E-state index < -0.39 is 0 Å². The van der Waals surface area contributed by atoms with Crippen molar-refractivity contribution in [2.45, 2.75) is 52.4 Å². The summed E-state index contributed by atoms with van der Waals surface area (Å²) in [6.07, 6.45) is 4.52. The van der Waals surface area contributed by atoms with E-state index in [1.165, 1.54) is 11.1 Å². The number of carbonyl (C=O) groups excluding carboxylic acids is 2. The van der Waals surface area contributed by atoms with Gasteiger partial charge in [0.2, 0.25) is 0 Å². The number of rotatable bonds is 6. The van der Waals surface area contributed by atoms with Crippen LogP contribution in [0.3, 0.4) is 0 Å². The van der Waals surface area contributed by atoms with E-state index in [1.807, 2.05) is 48.5 Å². The first-order chi connectivity index (χ1) is 13.6. The van der Waals surface area contributed by atoms with Crippen LogP contribution in [0.25, 0.3) is 0 Å².